The van der Waals surface area contributed by atoms with Crippen LogP contribution in [0.3, 0.4) is 0 Å². The highest BCUT2D eigenvalue weighted by molar-refractivity contribution is 5.73. The Morgan fingerprint density at radius 1 is 1.03 bits per heavy atom. The van der Waals surface area contributed by atoms with E-state index in [1.54, 1.807) is 12.1 Å². The van der Waals surface area contributed by atoms with Crippen molar-refractivity contribution in [3.05, 3.63) is 89.7 Å². The molecule has 1 saturated carbocycles. The molecule has 0 heterocycles. The predicted molar refractivity (Wildman–Crippen MR) is 131 cm³/mol. The fourth-order valence-corrected chi connectivity index (χ4v) is 4.82. The molecule has 0 aliphatic heterocycles. The van der Waals surface area contributed by atoms with Crippen molar-refractivity contribution in [2.45, 2.75) is 51.6 Å². The molecule has 0 spiro atoms. The summed E-state index contributed by atoms with van der Waals surface area (Å²) in [6.45, 7) is 2.06. The second-order valence-electron chi connectivity index (χ2n) is 9.02. The first-order chi connectivity index (χ1) is 16.1. The topological polar surface area (TPSA) is 38.3 Å². The summed E-state index contributed by atoms with van der Waals surface area (Å²) in [6, 6.07) is 23.4. The van der Waals surface area contributed by atoms with Crippen molar-refractivity contribution in [1.29, 1.82) is 0 Å². The summed E-state index contributed by atoms with van der Waals surface area (Å²) in [4.78, 5) is 11.3. The van der Waals surface area contributed by atoms with E-state index in [0.29, 0.717) is 18.9 Å². The first-order valence-electron chi connectivity index (χ1n) is 11.9. The summed E-state index contributed by atoms with van der Waals surface area (Å²) in [6.07, 6.45) is 6.49. The Labute approximate surface area is 196 Å². The lowest BCUT2D eigenvalue weighted by Crippen LogP contribution is -2.26. The lowest BCUT2D eigenvalue weighted by Gasteiger charge is -2.30. The molecule has 4 heteroatoms. The molecule has 3 nitrogen and oxygen atoms in total. The Morgan fingerprint density at radius 2 is 1.88 bits per heavy atom. The van der Waals surface area contributed by atoms with Crippen LogP contribution in [-0.4, -0.2) is 18.6 Å². The fraction of sp³-hybridized carbons (Fsp3) is 0.345. The van der Waals surface area contributed by atoms with Gasteiger partial charge in [0.2, 0.25) is 5.91 Å². The number of rotatable bonds is 8. The molecule has 0 radical (unpaired) electrons. The number of amides is 1. The van der Waals surface area contributed by atoms with E-state index in [1.165, 1.54) is 31.4 Å². The van der Waals surface area contributed by atoms with Crippen LogP contribution in [0.4, 0.5) is 4.39 Å². The van der Waals surface area contributed by atoms with Gasteiger partial charge in [-0.3, -0.25) is 4.79 Å². The molecule has 172 valence electrons. The number of carbonyl (C=O) groups is 1. The minimum Gasteiger partial charge on any atom is -0.490 e. The zero-order valence-electron chi connectivity index (χ0n) is 19.2. The lowest BCUT2D eigenvalue weighted by atomic mass is 9.83. The van der Waals surface area contributed by atoms with Gasteiger partial charge in [-0.1, -0.05) is 48.5 Å². The summed E-state index contributed by atoms with van der Waals surface area (Å²) >= 11 is 0. The molecular formula is C29H32FNO2. The van der Waals surface area contributed by atoms with Crippen LogP contribution < -0.4 is 10.1 Å². The average Bonchev–Trinajstić information content (AvgIpc) is 2.80. The van der Waals surface area contributed by atoms with Gasteiger partial charge in [-0.15, -0.1) is 0 Å². The van der Waals surface area contributed by atoms with Gasteiger partial charge in [-0.25, -0.2) is 4.39 Å². The van der Waals surface area contributed by atoms with E-state index in [2.05, 4.69) is 35.6 Å². The van der Waals surface area contributed by atoms with Crippen LogP contribution in [0, 0.1) is 11.7 Å². The Kier molecular flexibility index (Phi) is 7.77. The second kappa shape index (κ2) is 11.1. The minimum absolute atomic E-state index is 0.0513. The predicted octanol–water partition coefficient (Wildman–Crippen LogP) is 6.35. The van der Waals surface area contributed by atoms with Crippen molar-refractivity contribution < 1.29 is 13.9 Å². The monoisotopic (exact) mass is 445 g/mol. The summed E-state index contributed by atoms with van der Waals surface area (Å²) in [5, 5.41) is 2.84. The van der Waals surface area contributed by atoms with E-state index in [0.717, 1.165) is 41.7 Å². The van der Waals surface area contributed by atoms with E-state index < -0.39 is 0 Å². The van der Waals surface area contributed by atoms with Gasteiger partial charge in [0.15, 0.2) is 0 Å². The number of benzene rings is 3. The van der Waals surface area contributed by atoms with Crippen LogP contribution in [-0.2, 0) is 17.6 Å². The third kappa shape index (κ3) is 6.67. The summed E-state index contributed by atoms with van der Waals surface area (Å²) < 4.78 is 20.4. The number of halogens is 1. The third-order valence-corrected chi connectivity index (χ3v) is 6.39. The van der Waals surface area contributed by atoms with Crippen LogP contribution in [0.25, 0.3) is 11.1 Å². The van der Waals surface area contributed by atoms with Crippen molar-refractivity contribution >= 4 is 5.91 Å². The van der Waals surface area contributed by atoms with Gasteiger partial charge >= 0.3 is 0 Å². The van der Waals surface area contributed by atoms with Crippen molar-refractivity contribution in [2.75, 3.05) is 6.54 Å². The normalized spacial score (nSPS) is 18.0. The van der Waals surface area contributed by atoms with E-state index in [-0.39, 0.29) is 17.8 Å². The Morgan fingerprint density at radius 3 is 2.67 bits per heavy atom. The summed E-state index contributed by atoms with van der Waals surface area (Å²) in [7, 11) is 0. The highest BCUT2D eigenvalue weighted by Crippen LogP contribution is 2.33. The van der Waals surface area contributed by atoms with Gasteiger partial charge in [0.1, 0.15) is 11.6 Å². The minimum atomic E-state index is -0.261. The smallest absolute Gasteiger partial charge is 0.216 e. The molecule has 1 aliphatic rings. The molecule has 0 saturated heterocycles. The van der Waals surface area contributed by atoms with Gasteiger partial charge in [0, 0.05) is 13.5 Å². The highest BCUT2D eigenvalue weighted by Gasteiger charge is 2.24. The summed E-state index contributed by atoms with van der Waals surface area (Å²) in [5.74, 6) is 1.14. The van der Waals surface area contributed by atoms with E-state index >= 15 is 0 Å². The van der Waals surface area contributed by atoms with E-state index in [4.69, 9.17) is 4.74 Å². The molecule has 4 rings (SSSR count). The Bertz CT molecular complexity index is 1070. The molecule has 0 aromatic heterocycles. The first-order valence-corrected chi connectivity index (χ1v) is 11.9. The quantitative estimate of drug-likeness (QED) is 0.439. The molecule has 33 heavy (non-hydrogen) atoms. The molecule has 1 amide bonds. The zero-order chi connectivity index (χ0) is 23.0. The maximum atomic E-state index is 13.9. The van der Waals surface area contributed by atoms with Crippen molar-refractivity contribution in [1.82, 2.24) is 5.32 Å². The van der Waals surface area contributed by atoms with Gasteiger partial charge in [-0.05, 0) is 91.0 Å². The fourth-order valence-electron chi connectivity index (χ4n) is 4.82. The molecule has 0 bridgehead atoms. The van der Waals surface area contributed by atoms with Crippen LogP contribution in [0.2, 0.25) is 0 Å². The van der Waals surface area contributed by atoms with Crippen LogP contribution >= 0.6 is 0 Å². The Hall–Kier alpha value is -3.14. The van der Waals surface area contributed by atoms with Crippen LogP contribution in [0.15, 0.2) is 72.8 Å². The Balaban J connectivity index is 1.49. The van der Waals surface area contributed by atoms with Gasteiger partial charge in [-0.2, -0.15) is 0 Å². The van der Waals surface area contributed by atoms with Gasteiger partial charge < -0.3 is 10.1 Å². The largest absolute Gasteiger partial charge is 0.490 e. The number of hydrogen-bond acceptors (Lipinski definition) is 2. The standard InChI is InChI=1S/C29H32FNO2/c1-21(32)31-16-15-24-13-14-28(20-29(24)25-10-6-11-26(30)19-25)33-27-12-5-9-23(18-27)17-22-7-3-2-4-8-22/h2-4,6-8,10-11,13-14,19-20,23,27H,5,9,12,15-18H2,1H3,(H,31,32)/t23-,27+/m0/s1. The average molecular weight is 446 g/mol. The zero-order valence-corrected chi connectivity index (χ0v) is 19.2. The number of carbonyl (C=O) groups excluding carboxylic acids is 1. The van der Waals surface area contributed by atoms with Gasteiger partial charge in [0.05, 0.1) is 6.10 Å². The molecule has 3 aromatic rings. The molecular weight excluding hydrogens is 413 g/mol. The van der Waals surface area contributed by atoms with Crippen molar-refractivity contribution in [3.8, 4) is 16.9 Å². The highest BCUT2D eigenvalue weighted by atomic mass is 19.1. The third-order valence-electron chi connectivity index (χ3n) is 6.39. The molecule has 1 N–H and O–H groups in total. The number of ether oxygens (including phenoxy) is 1. The van der Waals surface area contributed by atoms with Crippen molar-refractivity contribution in [2.24, 2.45) is 5.92 Å². The first kappa shape index (κ1) is 23.0. The maximum Gasteiger partial charge on any atom is 0.216 e. The molecule has 1 aliphatic carbocycles. The molecule has 1 fully saturated rings. The summed E-state index contributed by atoms with van der Waals surface area (Å²) in [5.41, 5.74) is 4.23. The van der Waals surface area contributed by atoms with Crippen LogP contribution in [0.5, 0.6) is 5.75 Å². The SMILES string of the molecule is CC(=O)NCCc1ccc(O[C@@H]2CCC[C@@H](Cc3ccccc3)C2)cc1-c1cccc(F)c1. The van der Waals surface area contributed by atoms with Gasteiger partial charge in [0.25, 0.3) is 0 Å². The van der Waals surface area contributed by atoms with E-state index in [9.17, 15) is 9.18 Å². The van der Waals surface area contributed by atoms with Crippen LogP contribution in [0.1, 0.15) is 43.7 Å². The number of hydrogen-bond donors (Lipinski definition) is 1. The molecule has 0 unspecified atom stereocenters. The number of nitrogens with one attached hydrogen (secondary N) is 1. The van der Waals surface area contributed by atoms with Crippen molar-refractivity contribution in [3.63, 3.8) is 0 Å². The maximum absolute atomic E-state index is 13.9. The lowest BCUT2D eigenvalue weighted by molar-refractivity contribution is -0.118. The molecule has 3 aromatic carbocycles. The second-order valence-corrected chi connectivity index (χ2v) is 9.02. The van der Waals surface area contributed by atoms with E-state index in [1.807, 2.05) is 24.3 Å². The molecule has 2 atom stereocenters.